The zero-order chi connectivity index (χ0) is 22.6. The van der Waals surface area contributed by atoms with Crippen LogP contribution in [-0.4, -0.2) is 65.8 Å². The number of likely N-dealkylation sites (tertiary alicyclic amines) is 1. The Kier molecular flexibility index (Phi) is 7.23. The van der Waals surface area contributed by atoms with Crippen molar-refractivity contribution in [3.05, 3.63) is 29.8 Å². The van der Waals surface area contributed by atoms with Gasteiger partial charge in [0.15, 0.2) is 0 Å². The summed E-state index contributed by atoms with van der Waals surface area (Å²) in [6.45, 7) is 7.66. The Bertz CT molecular complexity index is 798. The van der Waals surface area contributed by atoms with E-state index in [0.717, 1.165) is 17.7 Å². The van der Waals surface area contributed by atoms with Gasteiger partial charge >= 0.3 is 0 Å². The third-order valence-corrected chi connectivity index (χ3v) is 6.42. The van der Waals surface area contributed by atoms with E-state index in [2.05, 4.69) is 19.2 Å². The van der Waals surface area contributed by atoms with Crippen LogP contribution >= 0.6 is 0 Å². The molecule has 0 radical (unpaired) electrons. The van der Waals surface area contributed by atoms with E-state index >= 15 is 0 Å². The molecule has 31 heavy (non-hydrogen) atoms. The van der Waals surface area contributed by atoms with E-state index in [4.69, 9.17) is 4.74 Å². The van der Waals surface area contributed by atoms with Crippen molar-refractivity contribution in [2.45, 2.75) is 64.5 Å². The van der Waals surface area contributed by atoms with Gasteiger partial charge in [0.1, 0.15) is 17.3 Å². The van der Waals surface area contributed by atoms with E-state index in [9.17, 15) is 14.4 Å². The minimum atomic E-state index is -0.836. The maximum absolute atomic E-state index is 13.2. The van der Waals surface area contributed by atoms with Crippen molar-refractivity contribution in [1.29, 1.82) is 0 Å². The standard InChI is InChI=1S/C24H35N3O4/c1-5-12-27-22(29)20(15-17(2)3)25-23(30)24(27)10-13-26(14-11-24)21(28)16-18-6-8-19(31-4)9-7-18/h6-9,17,20H,5,10-16H2,1-4H3,(H,25,30). The van der Waals surface area contributed by atoms with Gasteiger partial charge in [-0.1, -0.05) is 32.9 Å². The predicted octanol–water partition coefficient (Wildman–Crippen LogP) is 2.38. The highest BCUT2D eigenvalue weighted by atomic mass is 16.5. The first-order valence-corrected chi connectivity index (χ1v) is 11.3. The second kappa shape index (κ2) is 9.71. The lowest BCUT2D eigenvalue weighted by molar-refractivity contribution is -0.162. The Morgan fingerprint density at radius 1 is 1.19 bits per heavy atom. The highest BCUT2D eigenvalue weighted by Gasteiger charge is 2.53. The van der Waals surface area contributed by atoms with Crippen molar-refractivity contribution in [2.24, 2.45) is 5.92 Å². The van der Waals surface area contributed by atoms with Crippen LogP contribution in [0.4, 0.5) is 0 Å². The Labute approximate surface area is 185 Å². The van der Waals surface area contributed by atoms with Gasteiger partial charge in [-0.05, 0) is 49.3 Å². The molecule has 2 saturated heterocycles. The van der Waals surface area contributed by atoms with Crippen LogP contribution < -0.4 is 10.1 Å². The van der Waals surface area contributed by atoms with Gasteiger partial charge in [0, 0.05) is 19.6 Å². The van der Waals surface area contributed by atoms with Gasteiger partial charge in [-0.3, -0.25) is 14.4 Å². The molecule has 0 saturated carbocycles. The fourth-order valence-corrected chi connectivity index (χ4v) is 4.71. The van der Waals surface area contributed by atoms with Crippen molar-refractivity contribution in [2.75, 3.05) is 26.7 Å². The van der Waals surface area contributed by atoms with E-state index in [1.54, 1.807) is 7.11 Å². The van der Waals surface area contributed by atoms with Gasteiger partial charge in [0.25, 0.3) is 0 Å². The number of carbonyl (C=O) groups excluding carboxylic acids is 3. The average Bonchev–Trinajstić information content (AvgIpc) is 2.76. The van der Waals surface area contributed by atoms with Crippen molar-refractivity contribution in [1.82, 2.24) is 15.1 Å². The average molecular weight is 430 g/mol. The van der Waals surface area contributed by atoms with Crippen LogP contribution in [0.3, 0.4) is 0 Å². The van der Waals surface area contributed by atoms with Crippen LogP contribution in [-0.2, 0) is 20.8 Å². The molecule has 7 nitrogen and oxygen atoms in total. The van der Waals surface area contributed by atoms with Gasteiger partial charge in [0.2, 0.25) is 17.7 Å². The van der Waals surface area contributed by atoms with E-state index in [1.807, 2.05) is 41.0 Å². The number of hydrogen-bond donors (Lipinski definition) is 1. The molecule has 2 aliphatic rings. The third kappa shape index (κ3) is 4.86. The Morgan fingerprint density at radius 3 is 2.39 bits per heavy atom. The van der Waals surface area contributed by atoms with Gasteiger partial charge in [0.05, 0.1) is 13.5 Å². The molecule has 2 fully saturated rings. The second-order valence-corrected chi connectivity index (χ2v) is 9.08. The number of nitrogens with zero attached hydrogens (tertiary/aromatic N) is 2. The molecular weight excluding hydrogens is 394 g/mol. The molecule has 3 amide bonds. The molecule has 1 atom stereocenters. The maximum atomic E-state index is 13.2. The highest BCUT2D eigenvalue weighted by Crippen LogP contribution is 2.34. The molecule has 2 heterocycles. The first-order chi connectivity index (χ1) is 14.8. The largest absolute Gasteiger partial charge is 0.497 e. The number of piperidine rings is 1. The minimum Gasteiger partial charge on any atom is -0.497 e. The number of rotatable bonds is 7. The van der Waals surface area contributed by atoms with E-state index in [-0.39, 0.29) is 17.7 Å². The lowest BCUT2D eigenvalue weighted by Gasteiger charge is -2.51. The van der Waals surface area contributed by atoms with Crippen LogP contribution in [0, 0.1) is 5.92 Å². The minimum absolute atomic E-state index is 0.0214. The van der Waals surface area contributed by atoms with Crippen molar-refractivity contribution in [3.8, 4) is 5.75 Å². The van der Waals surface area contributed by atoms with Gasteiger partial charge < -0.3 is 19.9 Å². The fourth-order valence-electron chi connectivity index (χ4n) is 4.71. The van der Waals surface area contributed by atoms with Crippen molar-refractivity contribution >= 4 is 17.7 Å². The number of nitrogens with one attached hydrogen (secondary N) is 1. The number of methoxy groups -OCH3 is 1. The number of ether oxygens (including phenoxy) is 1. The summed E-state index contributed by atoms with van der Waals surface area (Å²) in [6, 6.07) is 7.05. The summed E-state index contributed by atoms with van der Waals surface area (Å²) in [5.74, 6) is 1.09. The first kappa shape index (κ1) is 23.1. The van der Waals surface area contributed by atoms with E-state index < -0.39 is 11.6 Å². The second-order valence-electron chi connectivity index (χ2n) is 9.08. The number of hydrogen-bond acceptors (Lipinski definition) is 4. The van der Waals surface area contributed by atoms with E-state index in [1.165, 1.54) is 0 Å². The summed E-state index contributed by atoms with van der Waals surface area (Å²) in [6.07, 6.45) is 2.72. The fraction of sp³-hybridized carbons (Fsp3) is 0.625. The Balaban J connectivity index is 1.68. The lowest BCUT2D eigenvalue weighted by Crippen LogP contribution is -2.73. The predicted molar refractivity (Wildman–Crippen MR) is 119 cm³/mol. The first-order valence-electron chi connectivity index (χ1n) is 11.3. The molecule has 1 unspecified atom stereocenters. The van der Waals surface area contributed by atoms with Crippen LogP contribution in [0.2, 0.25) is 0 Å². The molecular formula is C24H35N3O4. The molecule has 0 aliphatic carbocycles. The Hall–Kier alpha value is -2.57. The molecule has 1 spiro atoms. The molecule has 170 valence electrons. The quantitative estimate of drug-likeness (QED) is 0.722. The van der Waals surface area contributed by atoms with Crippen LogP contribution in [0.5, 0.6) is 5.75 Å². The molecule has 3 rings (SSSR count). The van der Waals surface area contributed by atoms with E-state index in [0.29, 0.717) is 51.2 Å². The molecule has 0 bridgehead atoms. The number of piperazine rings is 1. The van der Waals surface area contributed by atoms with Crippen LogP contribution in [0.15, 0.2) is 24.3 Å². The summed E-state index contributed by atoms with van der Waals surface area (Å²) in [5, 5.41) is 3.00. The topological polar surface area (TPSA) is 79.0 Å². The summed E-state index contributed by atoms with van der Waals surface area (Å²) >= 11 is 0. The van der Waals surface area contributed by atoms with Gasteiger partial charge in [-0.15, -0.1) is 0 Å². The SMILES string of the molecule is CCCN1C(=O)C(CC(C)C)NC(=O)C12CCN(C(=O)Cc1ccc(OC)cc1)CC2. The normalized spacial score (nSPS) is 20.9. The zero-order valence-electron chi connectivity index (χ0n) is 19.1. The van der Waals surface area contributed by atoms with Crippen LogP contribution in [0.25, 0.3) is 0 Å². The molecule has 2 aliphatic heterocycles. The molecule has 7 heteroatoms. The lowest BCUT2D eigenvalue weighted by atomic mass is 9.80. The number of amides is 3. The molecule has 0 aromatic heterocycles. The van der Waals surface area contributed by atoms with Gasteiger partial charge in [-0.25, -0.2) is 0 Å². The number of benzene rings is 1. The van der Waals surface area contributed by atoms with Crippen molar-refractivity contribution in [3.63, 3.8) is 0 Å². The monoisotopic (exact) mass is 429 g/mol. The number of carbonyl (C=O) groups is 3. The van der Waals surface area contributed by atoms with Gasteiger partial charge in [-0.2, -0.15) is 0 Å². The summed E-state index contributed by atoms with van der Waals surface area (Å²) < 4.78 is 5.17. The zero-order valence-corrected chi connectivity index (χ0v) is 19.1. The van der Waals surface area contributed by atoms with Crippen molar-refractivity contribution < 1.29 is 19.1 Å². The third-order valence-electron chi connectivity index (χ3n) is 6.42. The molecule has 1 aromatic carbocycles. The summed E-state index contributed by atoms with van der Waals surface area (Å²) in [5.41, 5.74) is 0.0955. The molecule has 1 N–H and O–H groups in total. The highest BCUT2D eigenvalue weighted by molar-refractivity contribution is 6.00. The maximum Gasteiger partial charge on any atom is 0.246 e. The Morgan fingerprint density at radius 2 is 1.84 bits per heavy atom. The smallest absolute Gasteiger partial charge is 0.246 e. The summed E-state index contributed by atoms with van der Waals surface area (Å²) in [4.78, 5) is 42.9. The summed E-state index contributed by atoms with van der Waals surface area (Å²) in [7, 11) is 1.61. The molecule has 1 aromatic rings. The van der Waals surface area contributed by atoms with Crippen LogP contribution in [0.1, 0.15) is 52.0 Å².